The Morgan fingerprint density at radius 1 is 1.41 bits per heavy atom. The Hall–Kier alpha value is -0.570. The van der Waals surface area contributed by atoms with E-state index in [0.717, 1.165) is 5.92 Å². The average Bonchev–Trinajstić information content (AvgIpc) is 2.26. The summed E-state index contributed by atoms with van der Waals surface area (Å²) in [5, 5.41) is 11.5. The van der Waals surface area contributed by atoms with Gasteiger partial charge in [-0.3, -0.25) is 4.79 Å². The number of hydrogen-bond donors (Lipinski definition) is 2. The van der Waals surface area contributed by atoms with Gasteiger partial charge in [0.1, 0.15) is 0 Å². The highest BCUT2D eigenvalue weighted by atomic mass is 16.3. The molecule has 0 radical (unpaired) electrons. The van der Waals surface area contributed by atoms with Crippen LogP contribution in [0.2, 0.25) is 0 Å². The zero-order valence-corrected chi connectivity index (χ0v) is 11.4. The third-order valence-corrected chi connectivity index (χ3v) is 4.04. The molecule has 100 valence electrons. The lowest BCUT2D eigenvalue weighted by Crippen LogP contribution is -2.34. The molecule has 1 amide bonds. The van der Waals surface area contributed by atoms with Gasteiger partial charge < -0.3 is 10.4 Å². The number of carbonyl (C=O) groups is 1. The van der Waals surface area contributed by atoms with Gasteiger partial charge in [0.2, 0.25) is 5.91 Å². The van der Waals surface area contributed by atoms with Gasteiger partial charge in [-0.15, -0.1) is 0 Å². The molecule has 2 N–H and O–H groups in total. The van der Waals surface area contributed by atoms with Crippen LogP contribution in [-0.4, -0.2) is 24.2 Å². The van der Waals surface area contributed by atoms with E-state index in [-0.39, 0.29) is 12.5 Å². The standard InChI is InChI=1S/C14H27NO2/c1-10(2)13-5-4-11(3)8-12(13)9-14(17)15-6-7-16/h10-13,16H,4-9H2,1-3H3,(H,15,17). The van der Waals surface area contributed by atoms with E-state index in [1.54, 1.807) is 0 Å². The number of aliphatic hydroxyl groups is 1. The molecule has 1 fully saturated rings. The number of rotatable bonds is 5. The molecule has 3 heteroatoms. The van der Waals surface area contributed by atoms with E-state index in [2.05, 4.69) is 26.1 Å². The first-order valence-corrected chi connectivity index (χ1v) is 6.92. The Labute approximate surface area is 105 Å². The van der Waals surface area contributed by atoms with Crippen molar-refractivity contribution < 1.29 is 9.90 Å². The summed E-state index contributed by atoms with van der Waals surface area (Å²) in [7, 11) is 0. The lowest BCUT2D eigenvalue weighted by molar-refractivity contribution is -0.123. The molecule has 3 nitrogen and oxygen atoms in total. The molecular weight excluding hydrogens is 214 g/mol. The third-order valence-electron chi connectivity index (χ3n) is 4.04. The fourth-order valence-corrected chi connectivity index (χ4v) is 3.14. The minimum absolute atomic E-state index is 0.0282. The molecule has 1 aliphatic rings. The largest absolute Gasteiger partial charge is 0.395 e. The van der Waals surface area contributed by atoms with Gasteiger partial charge in [0.15, 0.2) is 0 Å². The fourth-order valence-electron chi connectivity index (χ4n) is 3.14. The van der Waals surface area contributed by atoms with Crippen molar-refractivity contribution in [2.75, 3.05) is 13.2 Å². The number of hydrogen-bond acceptors (Lipinski definition) is 2. The van der Waals surface area contributed by atoms with Crippen LogP contribution in [0.3, 0.4) is 0 Å². The van der Waals surface area contributed by atoms with Crippen molar-refractivity contribution in [2.45, 2.75) is 46.5 Å². The fraction of sp³-hybridized carbons (Fsp3) is 0.929. The van der Waals surface area contributed by atoms with Crippen LogP contribution in [0.15, 0.2) is 0 Å². The molecule has 3 atom stereocenters. The van der Waals surface area contributed by atoms with Crippen LogP contribution in [0.5, 0.6) is 0 Å². The first-order chi connectivity index (χ1) is 8.04. The third kappa shape index (κ3) is 4.66. The van der Waals surface area contributed by atoms with Crippen molar-refractivity contribution in [1.82, 2.24) is 5.32 Å². The lowest BCUT2D eigenvalue weighted by Gasteiger charge is -2.37. The highest BCUT2D eigenvalue weighted by Crippen LogP contribution is 2.39. The van der Waals surface area contributed by atoms with Crippen LogP contribution < -0.4 is 5.32 Å². The van der Waals surface area contributed by atoms with Crippen LogP contribution in [0.1, 0.15) is 46.5 Å². The second-order valence-electron chi connectivity index (χ2n) is 5.86. The number of amides is 1. The van der Waals surface area contributed by atoms with Crippen molar-refractivity contribution in [2.24, 2.45) is 23.7 Å². The first-order valence-electron chi connectivity index (χ1n) is 6.92. The zero-order valence-electron chi connectivity index (χ0n) is 11.4. The molecule has 17 heavy (non-hydrogen) atoms. The average molecular weight is 241 g/mol. The van der Waals surface area contributed by atoms with Crippen molar-refractivity contribution >= 4 is 5.91 Å². The van der Waals surface area contributed by atoms with Crippen LogP contribution >= 0.6 is 0 Å². The van der Waals surface area contributed by atoms with E-state index in [1.165, 1.54) is 19.3 Å². The van der Waals surface area contributed by atoms with Crippen molar-refractivity contribution in [3.05, 3.63) is 0 Å². The molecule has 0 aliphatic heterocycles. The van der Waals surface area contributed by atoms with Crippen molar-refractivity contribution in [3.8, 4) is 0 Å². The highest BCUT2D eigenvalue weighted by molar-refractivity contribution is 5.76. The quantitative estimate of drug-likeness (QED) is 0.775. The van der Waals surface area contributed by atoms with Crippen LogP contribution in [-0.2, 0) is 4.79 Å². The summed E-state index contributed by atoms with van der Waals surface area (Å²) in [5.74, 6) is 2.73. The van der Waals surface area contributed by atoms with Gasteiger partial charge >= 0.3 is 0 Å². The second-order valence-corrected chi connectivity index (χ2v) is 5.86. The van der Waals surface area contributed by atoms with Gasteiger partial charge in [0.25, 0.3) is 0 Å². The molecular formula is C14H27NO2. The monoisotopic (exact) mass is 241 g/mol. The maximum Gasteiger partial charge on any atom is 0.220 e. The number of aliphatic hydroxyl groups excluding tert-OH is 1. The van der Waals surface area contributed by atoms with Crippen molar-refractivity contribution in [3.63, 3.8) is 0 Å². The van der Waals surface area contributed by atoms with E-state index in [0.29, 0.717) is 30.7 Å². The predicted molar refractivity (Wildman–Crippen MR) is 69.5 cm³/mol. The van der Waals surface area contributed by atoms with Gasteiger partial charge in [0, 0.05) is 13.0 Å². The molecule has 0 aromatic rings. The molecule has 0 saturated heterocycles. The van der Waals surface area contributed by atoms with Crippen molar-refractivity contribution in [1.29, 1.82) is 0 Å². The van der Waals surface area contributed by atoms with Crippen LogP contribution in [0, 0.1) is 23.7 Å². The first kappa shape index (κ1) is 14.5. The molecule has 1 saturated carbocycles. The second kappa shape index (κ2) is 7.00. The van der Waals surface area contributed by atoms with Gasteiger partial charge in [-0.1, -0.05) is 27.2 Å². The van der Waals surface area contributed by atoms with E-state index in [1.807, 2.05) is 0 Å². The summed E-state index contributed by atoms with van der Waals surface area (Å²) in [6.45, 7) is 7.22. The summed E-state index contributed by atoms with van der Waals surface area (Å²) in [5.41, 5.74) is 0. The molecule has 0 bridgehead atoms. The Morgan fingerprint density at radius 3 is 2.71 bits per heavy atom. The van der Waals surface area contributed by atoms with E-state index in [9.17, 15) is 4.79 Å². The van der Waals surface area contributed by atoms with Gasteiger partial charge in [-0.2, -0.15) is 0 Å². The Bertz CT molecular complexity index is 240. The zero-order chi connectivity index (χ0) is 12.8. The lowest BCUT2D eigenvalue weighted by atomic mass is 9.69. The Morgan fingerprint density at radius 2 is 2.12 bits per heavy atom. The van der Waals surface area contributed by atoms with Gasteiger partial charge in [-0.05, 0) is 36.5 Å². The maximum atomic E-state index is 11.7. The topological polar surface area (TPSA) is 49.3 Å². The molecule has 0 spiro atoms. The summed E-state index contributed by atoms with van der Waals surface area (Å²) in [6, 6.07) is 0. The highest BCUT2D eigenvalue weighted by Gasteiger charge is 2.31. The summed E-state index contributed by atoms with van der Waals surface area (Å²) >= 11 is 0. The van der Waals surface area contributed by atoms with E-state index in [4.69, 9.17) is 5.11 Å². The molecule has 0 aromatic carbocycles. The van der Waals surface area contributed by atoms with E-state index < -0.39 is 0 Å². The van der Waals surface area contributed by atoms with Gasteiger partial charge in [0.05, 0.1) is 6.61 Å². The Kier molecular flexibility index (Phi) is 5.96. The van der Waals surface area contributed by atoms with Gasteiger partial charge in [-0.25, -0.2) is 0 Å². The minimum Gasteiger partial charge on any atom is -0.395 e. The SMILES string of the molecule is CC1CCC(C(C)C)C(CC(=O)NCCO)C1. The predicted octanol–water partition coefficient (Wildman–Crippen LogP) is 2.19. The summed E-state index contributed by atoms with van der Waals surface area (Å²) in [4.78, 5) is 11.7. The molecule has 1 aliphatic carbocycles. The molecule has 1 rings (SSSR count). The normalized spacial score (nSPS) is 29.4. The minimum atomic E-state index is 0.0282. The van der Waals surface area contributed by atoms with Crippen LogP contribution in [0.4, 0.5) is 0 Å². The molecule has 0 heterocycles. The maximum absolute atomic E-state index is 11.7. The summed E-state index contributed by atoms with van der Waals surface area (Å²) in [6.07, 6.45) is 4.37. The smallest absolute Gasteiger partial charge is 0.220 e. The van der Waals surface area contributed by atoms with E-state index >= 15 is 0 Å². The molecule has 3 unspecified atom stereocenters. The summed E-state index contributed by atoms with van der Waals surface area (Å²) < 4.78 is 0. The number of carbonyl (C=O) groups excluding carboxylic acids is 1. The molecule has 0 aromatic heterocycles. The Balaban J connectivity index is 2.48. The number of nitrogens with one attached hydrogen (secondary N) is 1. The van der Waals surface area contributed by atoms with Crippen LogP contribution in [0.25, 0.3) is 0 Å².